The predicted molar refractivity (Wildman–Crippen MR) is 42.7 cm³/mol. The lowest BCUT2D eigenvalue weighted by atomic mass is 10.0. The van der Waals surface area contributed by atoms with Gasteiger partial charge >= 0.3 is 5.97 Å². The van der Waals surface area contributed by atoms with Gasteiger partial charge in [0.15, 0.2) is 6.10 Å². The van der Waals surface area contributed by atoms with Crippen LogP contribution in [0.25, 0.3) is 0 Å². The molecule has 5 heteroatoms. The summed E-state index contributed by atoms with van der Waals surface area (Å²) in [4.78, 5) is 10.7. The molecule has 0 unspecified atom stereocenters. The lowest BCUT2D eigenvalue weighted by Crippen LogP contribution is -2.47. The zero-order valence-corrected chi connectivity index (χ0v) is 7.12. The van der Waals surface area contributed by atoms with Crippen LogP contribution in [-0.2, 0) is 9.53 Å². The minimum absolute atomic E-state index is 0.630. The number of cyclic esters (lactones) is 1. The monoisotopic (exact) mass is 188 g/mol. The largest absolute Gasteiger partial charge is 0.453 e. The molecular formula is C8H12O5. The zero-order chi connectivity index (χ0) is 10.0. The van der Waals surface area contributed by atoms with E-state index in [-0.39, 0.29) is 0 Å². The fraction of sp³-hybridized carbons (Fsp3) is 0.625. The molecule has 0 aliphatic carbocycles. The highest BCUT2D eigenvalue weighted by atomic mass is 16.6. The summed E-state index contributed by atoms with van der Waals surface area (Å²) in [6, 6.07) is 0. The fourth-order valence-corrected chi connectivity index (χ4v) is 1.08. The summed E-state index contributed by atoms with van der Waals surface area (Å²) in [5, 5.41) is 27.6. The Morgan fingerprint density at radius 2 is 2.15 bits per heavy atom. The number of ether oxygens (including phenoxy) is 1. The molecule has 1 heterocycles. The molecule has 74 valence electrons. The minimum atomic E-state index is -1.27. The molecule has 1 aliphatic rings. The van der Waals surface area contributed by atoms with E-state index in [9.17, 15) is 15.0 Å². The second-order valence-electron chi connectivity index (χ2n) is 2.98. The van der Waals surface area contributed by atoms with Crippen molar-refractivity contribution in [3.05, 3.63) is 12.2 Å². The van der Waals surface area contributed by atoms with Crippen LogP contribution in [-0.4, -0.2) is 45.7 Å². The van der Waals surface area contributed by atoms with Gasteiger partial charge in [0.25, 0.3) is 0 Å². The van der Waals surface area contributed by atoms with Crippen LogP contribution in [0.3, 0.4) is 0 Å². The maximum atomic E-state index is 10.7. The van der Waals surface area contributed by atoms with Crippen LogP contribution in [0.15, 0.2) is 12.2 Å². The van der Waals surface area contributed by atoms with E-state index in [1.54, 1.807) is 0 Å². The Morgan fingerprint density at radius 1 is 1.54 bits per heavy atom. The highest BCUT2D eigenvalue weighted by molar-refractivity contribution is 5.83. The molecule has 0 amide bonds. The molecule has 0 aromatic heterocycles. The van der Waals surface area contributed by atoms with Crippen molar-refractivity contribution in [3.8, 4) is 0 Å². The van der Waals surface area contributed by atoms with Crippen LogP contribution in [0.1, 0.15) is 6.92 Å². The van der Waals surface area contributed by atoms with Gasteiger partial charge in [-0.25, -0.2) is 4.79 Å². The number of hydrogen-bond donors (Lipinski definition) is 3. The van der Waals surface area contributed by atoms with Gasteiger partial charge < -0.3 is 20.1 Å². The molecule has 0 saturated carbocycles. The number of carbonyl (C=O) groups is 1. The molecule has 5 nitrogen and oxygen atoms in total. The molecule has 1 aliphatic heterocycles. The third-order valence-corrected chi connectivity index (χ3v) is 1.85. The average molecular weight is 188 g/mol. The van der Waals surface area contributed by atoms with Crippen LogP contribution < -0.4 is 0 Å². The second-order valence-corrected chi connectivity index (χ2v) is 2.98. The van der Waals surface area contributed by atoms with Gasteiger partial charge in [-0.2, -0.15) is 0 Å². The summed E-state index contributed by atoms with van der Waals surface area (Å²) < 4.78 is 4.64. The van der Waals surface area contributed by atoms with Gasteiger partial charge in [-0.15, -0.1) is 0 Å². The number of rotatable bonds is 2. The third-order valence-electron chi connectivity index (χ3n) is 1.85. The molecular weight excluding hydrogens is 176 g/mol. The number of aliphatic hydroxyl groups is 3. The lowest BCUT2D eigenvalue weighted by Gasteiger charge is -2.29. The van der Waals surface area contributed by atoms with E-state index in [0.717, 1.165) is 6.08 Å². The topological polar surface area (TPSA) is 87.0 Å². The van der Waals surface area contributed by atoms with Gasteiger partial charge in [0.05, 0.1) is 6.10 Å². The van der Waals surface area contributed by atoms with Gasteiger partial charge in [-0.05, 0) is 13.0 Å². The van der Waals surface area contributed by atoms with Gasteiger partial charge in [0.2, 0.25) is 0 Å². The normalized spacial score (nSPS) is 32.5. The minimum Gasteiger partial charge on any atom is -0.453 e. The molecule has 0 spiro atoms. The SMILES string of the molecule is C[C@H](O)[C@@H](O)[C@@H]1OC(=O)C=C[C@@H]1O. The molecule has 0 aromatic rings. The summed E-state index contributed by atoms with van der Waals surface area (Å²) in [5.74, 6) is -0.630. The number of aliphatic hydroxyl groups excluding tert-OH is 3. The Kier molecular flexibility index (Phi) is 3.02. The maximum absolute atomic E-state index is 10.7. The average Bonchev–Trinajstić information content (AvgIpc) is 2.08. The first kappa shape index (κ1) is 10.2. The highest BCUT2D eigenvalue weighted by Crippen LogP contribution is 2.14. The third kappa shape index (κ3) is 2.27. The summed E-state index contributed by atoms with van der Waals surface area (Å²) in [5.41, 5.74) is 0. The van der Waals surface area contributed by atoms with E-state index < -0.39 is 30.4 Å². The Bertz CT molecular complexity index is 223. The first-order valence-corrected chi connectivity index (χ1v) is 3.95. The van der Waals surface area contributed by atoms with Crippen LogP contribution in [0, 0.1) is 0 Å². The van der Waals surface area contributed by atoms with Gasteiger partial charge in [-0.3, -0.25) is 0 Å². The zero-order valence-electron chi connectivity index (χ0n) is 7.12. The predicted octanol–water partition coefficient (Wildman–Crippen LogP) is -1.43. The van der Waals surface area contributed by atoms with Crippen molar-refractivity contribution in [2.45, 2.75) is 31.3 Å². The Morgan fingerprint density at radius 3 is 2.69 bits per heavy atom. The van der Waals surface area contributed by atoms with Crippen LogP contribution >= 0.6 is 0 Å². The molecule has 13 heavy (non-hydrogen) atoms. The van der Waals surface area contributed by atoms with E-state index >= 15 is 0 Å². The molecule has 3 N–H and O–H groups in total. The summed E-state index contributed by atoms with van der Waals surface area (Å²) in [6.45, 7) is 1.35. The Labute approximate surface area is 75.3 Å². The smallest absolute Gasteiger partial charge is 0.330 e. The van der Waals surface area contributed by atoms with E-state index in [2.05, 4.69) is 4.74 Å². The molecule has 0 bridgehead atoms. The van der Waals surface area contributed by atoms with Gasteiger partial charge in [-0.1, -0.05) is 0 Å². The van der Waals surface area contributed by atoms with E-state index in [0.29, 0.717) is 0 Å². The van der Waals surface area contributed by atoms with Crippen molar-refractivity contribution in [2.24, 2.45) is 0 Å². The van der Waals surface area contributed by atoms with Crippen molar-refractivity contribution in [3.63, 3.8) is 0 Å². The molecule has 1 rings (SSSR count). The van der Waals surface area contributed by atoms with Gasteiger partial charge in [0.1, 0.15) is 12.2 Å². The molecule has 0 aromatic carbocycles. The number of carbonyl (C=O) groups excluding carboxylic acids is 1. The van der Waals surface area contributed by atoms with Crippen molar-refractivity contribution < 1.29 is 24.9 Å². The van der Waals surface area contributed by atoms with E-state index in [1.807, 2.05) is 0 Å². The highest BCUT2D eigenvalue weighted by Gasteiger charge is 2.34. The van der Waals surface area contributed by atoms with Crippen molar-refractivity contribution in [1.82, 2.24) is 0 Å². The van der Waals surface area contributed by atoms with E-state index in [4.69, 9.17) is 5.11 Å². The van der Waals surface area contributed by atoms with Crippen LogP contribution in [0.5, 0.6) is 0 Å². The fourth-order valence-electron chi connectivity index (χ4n) is 1.08. The Hall–Kier alpha value is -0.910. The maximum Gasteiger partial charge on any atom is 0.330 e. The first-order valence-electron chi connectivity index (χ1n) is 3.95. The summed E-state index contributed by atoms with van der Waals surface area (Å²) >= 11 is 0. The Balaban J connectivity index is 2.69. The summed E-state index contributed by atoms with van der Waals surface area (Å²) in [6.07, 6.45) is -2.18. The number of esters is 1. The molecule has 4 atom stereocenters. The van der Waals surface area contributed by atoms with Crippen molar-refractivity contribution >= 4 is 5.97 Å². The molecule has 0 radical (unpaired) electrons. The molecule has 0 fully saturated rings. The van der Waals surface area contributed by atoms with Crippen molar-refractivity contribution in [1.29, 1.82) is 0 Å². The second kappa shape index (κ2) is 3.87. The van der Waals surface area contributed by atoms with Gasteiger partial charge in [0, 0.05) is 6.08 Å². The van der Waals surface area contributed by atoms with Crippen LogP contribution in [0.2, 0.25) is 0 Å². The van der Waals surface area contributed by atoms with E-state index in [1.165, 1.54) is 13.0 Å². The summed E-state index contributed by atoms with van der Waals surface area (Å²) in [7, 11) is 0. The quantitative estimate of drug-likeness (QED) is 0.462. The van der Waals surface area contributed by atoms with Crippen LogP contribution in [0.4, 0.5) is 0 Å². The standard InChI is InChI=1S/C8H12O5/c1-4(9)7(12)8-5(10)2-3-6(11)13-8/h2-5,7-10,12H,1H3/t4-,5-,7+,8+/m0/s1. The molecule has 0 saturated heterocycles. The number of hydrogen-bond acceptors (Lipinski definition) is 5. The lowest BCUT2D eigenvalue weighted by molar-refractivity contribution is -0.165. The van der Waals surface area contributed by atoms with Crippen molar-refractivity contribution in [2.75, 3.05) is 0 Å². The first-order chi connectivity index (χ1) is 6.02.